The number of nitrogens with zero attached hydrogens (tertiary/aromatic N) is 2. The lowest BCUT2D eigenvalue weighted by molar-refractivity contribution is -0.114. The third-order valence-electron chi connectivity index (χ3n) is 5.82. The van der Waals surface area contributed by atoms with Crippen molar-refractivity contribution < 1.29 is 17.9 Å². The van der Waals surface area contributed by atoms with E-state index in [1.54, 1.807) is 43.5 Å². The molecular weight excluding hydrogens is 440 g/mol. The fraction of sp³-hybridized carbons (Fsp3) is 0.458. The Hall–Kier alpha value is -2.78. The van der Waals surface area contributed by atoms with Crippen LogP contribution in [0, 0.1) is 0 Å². The van der Waals surface area contributed by atoms with E-state index in [4.69, 9.17) is 4.74 Å². The summed E-state index contributed by atoms with van der Waals surface area (Å²) in [5.41, 5.74) is 2.23. The van der Waals surface area contributed by atoms with Gasteiger partial charge < -0.3 is 20.3 Å². The molecule has 0 unspecified atom stereocenters. The van der Waals surface area contributed by atoms with Gasteiger partial charge in [-0.3, -0.25) is 4.79 Å². The van der Waals surface area contributed by atoms with Crippen LogP contribution < -0.4 is 20.3 Å². The summed E-state index contributed by atoms with van der Waals surface area (Å²) < 4.78 is 32.7. The summed E-state index contributed by atoms with van der Waals surface area (Å²) in [5.74, 6) is 0.491. The van der Waals surface area contributed by atoms with E-state index in [9.17, 15) is 13.2 Å². The van der Waals surface area contributed by atoms with Gasteiger partial charge in [0.2, 0.25) is 15.9 Å². The number of benzene rings is 2. The van der Waals surface area contributed by atoms with Crippen LogP contribution in [0.15, 0.2) is 47.4 Å². The molecule has 9 heteroatoms. The van der Waals surface area contributed by atoms with Crippen LogP contribution in [0.4, 0.5) is 17.1 Å². The average molecular weight is 475 g/mol. The molecule has 1 amide bonds. The van der Waals surface area contributed by atoms with E-state index in [1.165, 1.54) is 10.7 Å². The number of hydrogen-bond acceptors (Lipinski definition) is 6. The second kappa shape index (κ2) is 11.4. The Labute approximate surface area is 197 Å². The molecule has 1 aliphatic rings. The average Bonchev–Trinajstić information content (AvgIpc) is 2.84. The van der Waals surface area contributed by atoms with E-state index in [1.807, 2.05) is 19.9 Å². The highest BCUT2D eigenvalue weighted by atomic mass is 32.2. The van der Waals surface area contributed by atoms with Gasteiger partial charge in [-0.25, -0.2) is 8.42 Å². The molecule has 0 aliphatic carbocycles. The van der Waals surface area contributed by atoms with Crippen molar-refractivity contribution in [3.8, 4) is 5.75 Å². The molecule has 0 saturated carbocycles. The molecular formula is C24H34N4O4S. The third kappa shape index (κ3) is 6.17. The van der Waals surface area contributed by atoms with Gasteiger partial charge in [-0.1, -0.05) is 13.8 Å². The SMILES string of the molecule is CCN(CC)S(=O)(=O)c1ccc(N2CCCCC2)c(NCC(=O)Nc2ccc(OC)cc2)c1. The Morgan fingerprint density at radius 1 is 1.03 bits per heavy atom. The van der Waals surface area contributed by atoms with Crippen LogP contribution in [0.25, 0.3) is 0 Å². The number of piperidine rings is 1. The van der Waals surface area contributed by atoms with Gasteiger partial charge in [0.05, 0.1) is 29.9 Å². The summed E-state index contributed by atoms with van der Waals surface area (Å²) in [7, 11) is -2.01. The highest BCUT2D eigenvalue weighted by Gasteiger charge is 2.24. The summed E-state index contributed by atoms with van der Waals surface area (Å²) in [5, 5.41) is 6.03. The van der Waals surface area contributed by atoms with E-state index in [0.29, 0.717) is 30.2 Å². The van der Waals surface area contributed by atoms with Gasteiger partial charge in [0.25, 0.3) is 0 Å². The van der Waals surface area contributed by atoms with Gasteiger partial charge in [-0.05, 0) is 61.7 Å². The van der Waals surface area contributed by atoms with Crippen LogP contribution in [0.5, 0.6) is 5.75 Å². The van der Waals surface area contributed by atoms with Crippen molar-refractivity contribution >= 4 is 33.0 Å². The predicted molar refractivity (Wildman–Crippen MR) is 133 cm³/mol. The summed E-state index contributed by atoms with van der Waals surface area (Å²) in [6.07, 6.45) is 3.38. The van der Waals surface area contributed by atoms with Crippen molar-refractivity contribution in [1.29, 1.82) is 0 Å². The third-order valence-corrected chi connectivity index (χ3v) is 7.87. The zero-order chi connectivity index (χ0) is 23.8. The molecule has 3 rings (SSSR count). The minimum absolute atomic E-state index is 0.0155. The molecule has 1 aliphatic heterocycles. The van der Waals surface area contributed by atoms with Crippen molar-refractivity contribution in [2.75, 3.05) is 55.4 Å². The number of amides is 1. The summed E-state index contributed by atoms with van der Waals surface area (Å²) in [4.78, 5) is 15.0. The fourth-order valence-corrected chi connectivity index (χ4v) is 5.48. The first-order chi connectivity index (χ1) is 15.9. The van der Waals surface area contributed by atoms with E-state index in [2.05, 4.69) is 15.5 Å². The normalized spacial score (nSPS) is 14.2. The van der Waals surface area contributed by atoms with Crippen LogP contribution in [0.2, 0.25) is 0 Å². The lowest BCUT2D eigenvalue weighted by atomic mass is 10.1. The Balaban J connectivity index is 1.81. The number of anilines is 3. The molecule has 2 N–H and O–H groups in total. The number of carbonyl (C=O) groups is 1. The van der Waals surface area contributed by atoms with Crippen molar-refractivity contribution in [2.24, 2.45) is 0 Å². The van der Waals surface area contributed by atoms with Crippen LogP contribution in [0.1, 0.15) is 33.1 Å². The van der Waals surface area contributed by atoms with Crippen molar-refractivity contribution in [3.05, 3.63) is 42.5 Å². The number of methoxy groups -OCH3 is 1. The lowest BCUT2D eigenvalue weighted by Gasteiger charge is -2.31. The van der Waals surface area contributed by atoms with Gasteiger partial charge in [-0.15, -0.1) is 0 Å². The Bertz CT molecular complexity index is 1030. The predicted octanol–water partition coefficient (Wildman–Crippen LogP) is 3.77. The van der Waals surface area contributed by atoms with E-state index in [-0.39, 0.29) is 17.3 Å². The molecule has 1 heterocycles. The first kappa shape index (κ1) is 24.9. The standard InChI is InChI=1S/C24H34N4O4S/c1-4-28(5-2)33(30,31)21-13-14-23(27-15-7-6-8-16-27)22(17-21)25-18-24(29)26-19-9-11-20(32-3)12-10-19/h9-14,17,25H,4-8,15-16,18H2,1-3H3,(H,26,29). The number of rotatable bonds is 10. The van der Waals surface area contributed by atoms with Crippen LogP contribution in [0.3, 0.4) is 0 Å². The van der Waals surface area contributed by atoms with Gasteiger partial charge in [0, 0.05) is 31.9 Å². The lowest BCUT2D eigenvalue weighted by Crippen LogP contribution is -2.32. The van der Waals surface area contributed by atoms with Crippen LogP contribution in [-0.4, -0.2) is 58.5 Å². The molecule has 1 saturated heterocycles. The molecule has 33 heavy (non-hydrogen) atoms. The quantitative estimate of drug-likeness (QED) is 0.545. The van der Waals surface area contributed by atoms with Crippen molar-refractivity contribution in [3.63, 3.8) is 0 Å². The molecule has 0 spiro atoms. The highest BCUT2D eigenvalue weighted by Crippen LogP contribution is 2.32. The van der Waals surface area contributed by atoms with Gasteiger partial charge in [0.1, 0.15) is 5.75 Å². The van der Waals surface area contributed by atoms with Crippen molar-refractivity contribution in [1.82, 2.24) is 4.31 Å². The summed E-state index contributed by atoms with van der Waals surface area (Å²) >= 11 is 0. The minimum atomic E-state index is -3.60. The molecule has 0 bridgehead atoms. The molecule has 2 aromatic rings. The van der Waals surface area contributed by atoms with Gasteiger partial charge >= 0.3 is 0 Å². The van der Waals surface area contributed by atoms with Crippen LogP contribution >= 0.6 is 0 Å². The number of sulfonamides is 1. The molecule has 0 atom stereocenters. The largest absolute Gasteiger partial charge is 0.497 e. The Morgan fingerprint density at radius 3 is 2.30 bits per heavy atom. The number of nitrogens with one attached hydrogen (secondary N) is 2. The Kier molecular flexibility index (Phi) is 8.57. The smallest absolute Gasteiger partial charge is 0.243 e. The zero-order valence-corrected chi connectivity index (χ0v) is 20.5. The first-order valence-corrected chi connectivity index (χ1v) is 12.9. The topological polar surface area (TPSA) is 91.0 Å². The first-order valence-electron chi connectivity index (χ1n) is 11.5. The monoisotopic (exact) mass is 474 g/mol. The van der Waals surface area contributed by atoms with Gasteiger partial charge in [0.15, 0.2) is 0 Å². The molecule has 180 valence electrons. The zero-order valence-electron chi connectivity index (χ0n) is 19.6. The minimum Gasteiger partial charge on any atom is -0.497 e. The van der Waals surface area contributed by atoms with E-state index in [0.717, 1.165) is 31.6 Å². The molecule has 2 aromatic carbocycles. The van der Waals surface area contributed by atoms with E-state index >= 15 is 0 Å². The second-order valence-electron chi connectivity index (χ2n) is 7.95. The summed E-state index contributed by atoms with van der Waals surface area (Å²) in [6.45, 7) is 6.29. The van der Waals surface area contributed by atoms with Gasteiger partial charge in [-0.2, -0.15) is 4.31 Å². The fourth-order valence-electron chi connectivity index (χ4n) is 4.00. The number of ether oxygens (including phenoxy) is 1. The van der Waals surface area contributed by atoms with Crippen LogP contribution in [-0.2, 0) is 14.8 Å². The molecule has 8 nitrogen and oxygen atoms in total. The summed E-state index contributed by atoms with van der Waals surface area (Å²) in [6, 6.07) is 12.3. The maximum absolute atomic E-state index is 13.1. The van der Waals surface area contributed by atoms with E-state index < -0.39 is 10.0 Å². The number of carbonyl (C=O) groups excluding carboxylic acids is 1. The highest BCUT2D eigenvalue weighted by molar-refractivity contribution is 7.89. The maximum atomic E-state index is 13.1. The second-order valence-corrected chi connectivity index (χ2v) is 9.88. The molecule has 1 fully saturated rings. The van der Waals surface area contributed by atoms with Crippen molar-refractivity contribution in [2.45, 2.75) is 38.0 Å². The number of hydrogen-bond donors (Lipinski definition) is 2. The molecule has 0 radical (unpaired) electrons. The molecule has 0 aromatic heterocycles. The Morgan fingerprint density at radius 2 is 1.70 bits per heavy atom. The maximum Gasteiger partial charge on any atom is 0.243 e.